The highest BCUT2D eigenvalue weighted by Crippen LogP contribution is 2.27. The lowest BCUT2D eigenvalue weighted by Gasteiger charge is -2.25. The molecular weight excluding hydrogens is 522 g/mol. The zero-order valence-corrected chi connectivity index (χ0v) is 21.1. The van der Waals surface area contributed by atoms with Gasteiger partial charge in [0.05, 0.1) is 23.5 Å². The SMILES string of the molecule is COc1cccc(CNC(=O)NC[C@H](NC(=O)[C@@H]2CCCN2S(=O)(=O)c2ccc([N+](=O)[O-])cc2)C(=O)O)c1. The van der Waals surface area contributed by atoms with E-state index in [2.05, 4.69) is 16.0 Å². The zero-order valence-electron chi connectivity index (χ0n) is 20.3. The van der Waals surface area contributed by atoms with Crippen molar-refractivity contribution < 1.29 is 37.6 Å². The van der Waals surface area contributed by atoms with Crippen LogP contribution in [0.15, 0.2) is 53.4 Å². The number of sulfonamides is 1. The van der Waals surface area contributed by atoms with Gasteiger partial charge in [-0.05, 0) is 42.7 Å². The molecule has 3 amide bonds. The molecule has 0 radical (unpaired) electrons. The number of amides is 3. The van der Waals surface area contributed by atoms with Crippen molar-refractivity contribution in [2.45, 2.75) is 36.4 Å². The predicted octanol–water partition coefficient (Wildman–Crippen LogP) is 0.825. The van der Waals surface area contributed by atoms with Crippen molar-refractivity contribution in [3.05, 3.63) is 64.2 Å². The van der Waals surface area contributed by atoms with Gasteiger partial charge in [0.15, 0.2) is 0 Å². The molecule has 1 saturated heterocycles. The summed E-state index contributed by atoms with van der Waals surface area (Å²) in [7, 11) is -2.67. The van der Waals surface area contributed by atoms with E-state index in [1.807, 2.05) is 0 Å². The first-order valence-corrected chi connectivity index (χ1v) is 12.9. The van der Waals surface area contributed by atoms with Crippen molar-refractivity contribution in [1.29, 1.82) is 0 Å². The van der Waals surface area contributed by atoms with E-state index >= 15 is 0 Å². The number of carbonyl (C=O) groups excluding carboxylic acids is 2. The van der Waals surface area contributed by atoms with Gasteiger partial charge in [-0.25, -0.2) is 18.0 Å². The van der Waals surface area contributed by atoms with E-state index in [-0.39, 0.29) is 30.1 Å². The first-order valence-electron chi connectivity index (χ1n) is 11.5. The molecule has 4 N–H and O–H groups in total. The number of urea groups is 1. The largest absolute Gasteiger partial charge is 0.497 e. The maximum Gasteiger partial charge on any atom is 0.328 e. The molecule has 1 fully saturated rings. The van der Waals surface area contributed by atoms with Crippen LogP contribution in [0.5, 0.6) is 5.75 Å². The van der Waals surface area contributed by atoms with Crippen molar-refractivity contribution >= 4 is 33.6 Å². The summed E-state index contributed by atoms with van der Waals surface area (Å²) >= 11 is 0. The smallest absolute Gasteiger partial charge is 0.328 e. The van der Waals surface area contributed by atoms with Gasteiger partial charge in [-0.2, -0.15) is 4.31 Å². The number of carbonyl (C=O) groups is 3. The van der Waals surface area contributed by atoms with Gasteiger partial charge in [-0.15, -0.1) is 0 Å². The van der Waals surface area contributed by atoms with Crippen LogP contribution in [0.3, 0.4) is 0 Å². The van der Waals surface area contributed by atoms with E-state index < -0.39 is 51.5 Å². The minimum Gasteiger partial charge on any atom is -0.497 e. The molecule has 1 aliphatic rings. The molecule has 0 saturated carbocycles. The van der Waals surface area contributed by atoms with E-state index in [1.165, 1.54) is 7.11 Å². The molecule has 0 bridgehead atoms. The van der Waals surface area contributed by atoms with Crippen LogP contribution < -0.4 is 20.7 Å². The van der Waals surface area contributed by atoms with Crippen molar-refractivity contribution in [3.63, 3.8) is 0 Å². The molecule has 2 aromatic carbocycles. The zero-order chi connectivity index (χ0) is 27.9. The summed E-state index contributed by atoms with van der Waals surface area (Å²) in [5, 5.41) is 27.6. The Morgan fingerprint density at radius 3 is 2.53 bits per heavy atom. The Morgan fingerprint density at radius 2 is 1.89 bits per heavy atom. The van der Waals surface area contributed by atoms with Gasteiger partial charge in [0.2, 0.25) is 15.9 Å². The van der Waals surface area contributed by atoms with Crippen LogP contribution in [0.4, 0.5) is 10.5 Å². The third kappa shape index (κ3) is 6.95. The Hall–Kier alpha value is -4.24. The maximum atomic E-state index is 13.1. The second kappa shape index (κ2) is 12.3. The number of methoxy groups -OCH3 is 1. The minimum atomic E-state index is -4.18. The molecule has 1 heterocycles. The number of rotatable bonds is 11. The maximum absolute atomic E-state index is 13.1. The number of nitro groups is 1. The van der Waals surface area contributed by atoms with Gasteiger partial charge in [-0.1, -0.05) is 12.1 Å². The van der Waals surface area contributed by atoms with Gasteiger partial charge in [-0.3, -0.25) is 14.9 Å². The van der Waals surface area contributed by atoms with Crippen molar-refractivity contribution in [2.24, 2.45) is 0 Å². The summed E-state index contributed by atoms with van der Waals surface area (Å²) in [4.78, 5) is 46.7. The van der Waals surface area contributed by atoms with Crippen LogP contribution >= 0.6 is 0 Å². The van der Waals surface area contributed by atoms with Crippen LogP contribution in [0, 0.1) is 10.1 Å². The Labute approximate surface area is 218 Å². The predicted molar refractivity (Wildman–Crippen MR) is 133 cm³/mol. The minimum absolute atomic E-state index is 0.0140. The fourth-order valence-electron chi connectivity index (χ4n) is 3.86. The number of benzene rings is 2. The number of non-ortho nitro benzene ring substituents is 1. The quantitative estimate of drug-likeness (QED) is 0.232. The highest BCUT2D eigenvalue weighted by Gasteiger charge is 2.40. The molecule has 1 aliphatic heterocycles. The van der Waals surface area contributed by atoms with Crippen LogP contribution in [0.1, 0.15) is 18.4 Å². The lowest BCUT2D eigenvalue weighted by molar-refractivity contribution is -0.384. The summed E-state index contributed by atoms with van der Waals surface area (Å²) in [5.74, 6) is -1.65. The molecule has 0 aromatic heterocycles. The Morgan fingerprint density at radius 1 is 1.18 bits per heavy atom. The number of carboxylic acid groups (broad SMARTS) is 1. The van der Waals surface area contributed by atoms with Crippen LogP contribution in [-0.2, 0) is 26.2 Å². The van der Waals surface area contributed by atoms with E-state index in [0.29, 0.717) is 12.2 Å². The number of aliphatic carboxylic acids is 1. The molecule has 0 spiro atoms. The van der Waals surface area contributed by atoms with E-state index in [9.17, 15) is 38.0 Å². The molecule has 38 heavy (non-hydrogen) atoms. The first kappa shape index (κ1) is 28.3. The van der Waals surface area contributed by atoms with Crippen LogP contribution in [0.2, 0.25) is 0 Å². The second-order valence-electron chi connectivity index (χ2n) is 8.34. The highest BCUT2D eigenvalue weighted by atomic mass is 32.2. The van der Waals surface area contributed by atoms with E-state index in [0.717, 1.165) is 34.1 Å². The summed E-state index contributed by atoms with van der Waals surface area (Å²) < 4.78 is 32.2. The average Bonchev–Trinajstić information content (AvgIpc) is 3.41. The lowest BCUT2D eigenvalue weighted by atomic mass is 10.2. The topological polar surface area (TPSA) is 197 Å². The molecule has 3 rings (SSSR count). The molecule has 14 nitrogen and oxygen atoms in total. The Bertz CT molecular complexity index is 1300. The van der Waals surface area contributed by atoms with Crippen LogP contribution in [-0.4, -0.2) is 72.9 Å². The number of nitrogens with zero attached hydrogens (tertiary/aromatic N) is 2. The molecule has 204 valence electrons. The van der Waals surface area contributed by atoms with E-state index in [1.54, 1.807) is 24.3 Å². The number of hydrogen-bond acceptors (Lipinski definition) is 8. The third-order valence-corrected chi connectivity index (χ3v) is 7.75. The second-order valence-corrected chi connectivity index (χ2v) is 10.2. The summed E-state index contributed by atoms with van der Waals surface area (Å²) in [6.07, 6.45) is 0.506. The Balaban J connectivity index is 1.59. The van der Waals surface area contributed by atoms with Crippen LogP contribution in [0.25, 0.3) is 0 Å². The number of hydrogen-bond donors (Lipinski definition) is 4. The number of nitro benzene ring substituents is 1. The van der Waals surface area contributed by atoms with Crippen molar-refractivity contribution in [1.82, 2.24) is 20.3 Å². The summed E-state index contributed by atoms with van der Waals surface area (Å²) in [6, 6.07) is 7.85. The molecular formula is C23H27N5O9S. The fraction of sp³-hybridized carbons (Fsp3) is 0.348. The number of carboxylic acids is 1. The third-order valence-electron chi connectivity index (χ3n) is 5.83. The van der Waals surface area contributed by atoms with Gasteiger partial charge >= 0.3 is 12.0 Å². The average molecular weight is 550 g/mol. The molecule has 0 aliphatic carbocycles. The van der Waals surface area contributed by atoms with E-state index in [4.69, 9.17) is 4.74 Å². The van der Waals surface area contributed by atoms with Gasteiger partial charge in [0.25, 0.3) is 5.69 Å². The number of nitrogens with one attached hydrogen (secondary N) is 3. The monoisotopic (exact) mass is 549 g/mol. The standard InChI is InChI=1S/C23H27N5O9S/c1-37-17-5-2-4-15(12-17)13-24-23(32)25-14-19(22(30)31)26-21(29)20-6-3-11-27(20)38(35,36)18-9-7-16(8-10-18)28(33)34/h2,4-5,7-10,12,19-20H,3,6,11,13-14H2,1H3,(H,26,29)(H,30,31)(H2,24,25,32)/t19-,20-/m0/s1. The lowest BCUT2D eigenvalue weighted by Crippen LogP contribution is -2.54. The molecule has 0 unspecified atom stereocenters. The van der Waals surface area contributed by atoms with Gasteiger partial charge in [0, 0.05) is 25.2 Å². The number of ether oxygens (including phenoxy) is 1. The molecule has 2 aromatic rings. The van der Waals surface area contributed by atoms with Crippen molar-refractivity contribution in [3.8, 4) is 5.75 Å². The first-order chi connectivity index (χ1) is 18.0. The normalized spacial score (nSPS) is 16.3. The van der Waals surface area contributed by atoms with Gasteiger partial charge < -0.3 is 25.8 Å². The molecule has 15 heteroatoms. The molecule has 2 atom stereocenters. The summed E-state index contributed by atoms with van der Waals surface area (Å²) in [6.45, 7) is -0.294. The van der Waals surface area contributed by atoms with Gasteiger partial charge in [0.1, 0.15) is 17.8 Å². The Kier molecular flexibility index (Phi) is 9.20. The fourth-order valence-corrected chi connectivity index (χ4v) is 5.51. The van der Waals surface area contributed by atoms with Crippen molar-refractivity contribution in [2.75, 3.05) is 20.2 Å². The summed E-state index contributed by atoms with van der Waals surface area (Å²) in [5.41, 5.74) is 0.460. The highest BCUT2D eigenvalue weighted by molar-refractivity contribution is 7.89.